The van der Waals surface area contributed by atoms with Crippen LogP contribution in [0.3, 0.4) is 0 Å². The summed E-state index contributed by atoms with van der Waals surface area (Å²) in [6, 6.07) is 7.87. The van der Waals surface area contributed by atoms with Crippen LogP contribution >= 0.6 is 0 Å². The number of benzene rings is 1. The van der Waals surface area contributed by atoms with E-state index in [-0.39, 0.29) is 12.0 Å². The lowest BCUT2D eigenvalue weighted by molar-refractivity contribution is -0.0392. The third-order valence-corrected chi connectivity index (χ3v) is 5.66. The standard InChI is InChI=1S/C20H27NO4/c22-20(21-9-5-19-15(13-21)6-12-24-19)18-4-2-1-3-16(18)14-25-17-7-10-23-11-8-17/h1-4,15,17,19H,5-14H2/t15-,19+/m0/s1. The van der Waals surface area contributed by atoms with Gasteiger partial charge in [0, 0.05) is 44.4 Å². The third kappa shape index (κ3) is 3.89. The second-order valence-corrected chi connectivity index (χ2v) is 7.28. The van der Waals surface area contributed by atoms with Crippen LogP contribution in [-0.2, 0) is 20.8 Å². The number of hydrogen-bond acceptors (Lipinski definition) is 4. The summed E-state index contributed by atoms with van der Waals surface area (Å²) in [5.74, 6) is 0.639. The highest BCUT2D eigenvalue weighted by Gasteiger charge is 2.36. The number of nitrogens with zero attached hydrogens (tertiary/aromatic N) is 1. The van der Waals surface area contributed by atoms with Gasteiger partial charge in [-0.05, 0) is 37.3 Å². The van der Waals surface area contributed by atoms with Crippen LogP contribution < -0.4 is 0 Å². The van der Waals surface area contributed by atoms with Gasteiger partial charge < -0.3 is 19.1 Å². The van der Waals surface area contributed by atoms with Crippen molar-refractivity contribution in [1.29, 1.82) is 0 Å². The lowest BCUT2D eigenvalue weighted by Gasteiger charge is -2.34. The first-order valence-electron chi connectivity index (χ1n) is 9.49. The molecule has 2 atom stereocenters. The van der Waals surface area contributed by atoms with Gasteiger partial charge >= 0.3 is 0 Å². The number of carbonyl (C=O) groups is 1. The van der Waals surface area contributed by atoms with Crippen LogP contribution in [0.4, 0.5) is 0 Å². The Balaban J connectivity index is 1.41. The molecule has 0 radical (unpaired) electrons. The van der Waals surface area contributed by atoms with Crippen molar-refractivity contribution >= 4 is 5.91 Å². The monoisotopic (exact) mass is 345 g/mol. The fourth-order valence-electron chi connectivity index (χ4n) is 4.14. The third-order valence-electron chi connectivity index (χ3n) is 5.66. The predicted octanol–water partition coefficient (Wildman–Crippen LogP) is 2.63. The van der Waals surface area contributed by atoms with Crippen molar-refractivity contribution in [3.63, 3.8) is 0 Å². The van der Waals surface area contributed by atoms with Crippen LogP contribution in [0.25, 0.3) is 0 Å². The molecular weight excluding hydrogens is 318 g/mol. The number of rotatable bonds is 4. The molecule has 0 spiro atoms. The largest absolute Gasteiger partial charge is 0.381 e. The molecule has 5 nitrogen and oxygen atoms in total. The molecule has 1 aromatic carbocycles. The molecule has 3 fully saturated rings. The Labute approximate surface area is 149 Å². The van der Waals surface area contributed by atoms with E-state index in [1.807, 2.05) is 29.2 Å². The molecule has 1 aromatic rings. The van der Waals surface area contributed by atoms with E-state index >= 15 is 0 Å². The van der Waals surface area contributed by atoms with Gasteiger partial charge in [-0.2, -0.15) is 0 Å². The fraction of sp³-hybridized carbons (Fsp3) is 0.650. The molecule has 136 valence electrons. The normalized spacial score (nSPS) is 27.3. The molecule has 0 bridgehead atoms. The molecule has 0 unspecified atom stereocenters. The van der Waals surface area contributed by atoms with Crippen molar-refractivity contribution in [1.82, 2.24) is 4.90 Å². The molecule has 5 heteroatoms. The zero-order valence-corrected chi connectivity index (χ0v) is 14.7. The second-order valence-electron chi connectivity index (χ2n) is 7.28. The van der Waals surface area contributed by atoms with Crippen LogP contribution in [0.15, 0.2) is 24.3 Å². The minimum atomic E-state index is 0.136. The Hall–Kier alpha value is -1.43. The van der Waals surface area contributed by atoms with Crippen molar-refractivity contribution in [2.75, 3.05) is 32.9 Å². The van der Waals surface area contributed by atoms with Gasteiger partial charge in [-0.15, -0.1) is 0 Å². The first-order chi connectivity index (χ1) is 12.3. The number of carbonyl (C=O) groups excluding carboxylic acids is 1. The zero-order valence-electron chi connectivity index (χ0n) is 14.7. The Morgan fingerprint density at radius 3 is 2.84 bits per heavy atom. The molecule has 25 heavy (non-hydrogen) atoms. The van der Waals surface area contributed by atoms with Gasteiger partial charge in [-0.1, -0.05) is 18.2 Å². The minimum Gasteiger partial charge on any atom is -0.381 e. The van der Waals surface area contributed by atoms with Crippen molar-refractivity contribution in [2.45, 2.75) is 44.5 Å². The number of likely N-dealkylation sites (tertiary alicyclic amines) is 1. The van der Waals surface area contributed by atoms with Gasteiger partial charge in [0.15, 0.2) is 0 Å². The van der Waals surface area contributed by atoms with Crippen LogP contribution in [-0.4, -0.2) is 55.9 Å². The molecule has 0 aliphatic carbocycles. The van der Waals surface area contributed by atoms with E-state index in [9.17, 15) is 4.79 Å². The van der Waals surface area contributed by atoms with Crippen LogP contribution in [0, 0.1) is 5.92 Å². The smallest absolute Gasteiger partial charge is 0.254 e. The molecule has 3 heterocycles. The Bertz CT molecular complexity index is 599. The molecule has 0 aromatic heterocycles. The summed E-state index contributed by atoms with van der Waals surface area (Å²) < 4.78 is 17.2. The number of fused-ring (bicyclic) bond motifs is 1. The van der Waals surface area contributed by atoms with Gasteiger partial charge in [0.05, 0.1) is 18.8 Å². The van der Waals surface area contributed by atoms with E-state index in [0.29, 0.717) is 18.6 Å². The molecule has 3 aliphatic heterocycles. The van der Waals surface area contributed by atoms with E-state index in [0.717, 1.165) is 69.7 Å². The summed E-state index contributed by atoms with van der Waals surface area (Å²) in [5, 5.41) is 0. The zero-order chi connectivity index (χ0) is 17.1. The summed E-state index contributed by atoms with van der Waals surface area (Å²) in [5.41, 5.74) is 1.77. The van der Waals surface area contributed by atoms with Gasteiger partial charge in [0.1, 0.15) is 0 Å². The average Bonchev–Trinajstić information content (AvgIpc) is 3.14. The number of ether oxygens (including phenoxy) is 3. The topological polar surface area (TPSA) is 48.0 Å². The van der Waals surface area contributed by atoms with E-state index in [1.54, 1.807) is 0 Å². The molecule has 3 aliphatic rings. The Kier molecular flexibility index (Phi) is 5.34. The van der Waals surface area contributed by atoms with Crippen LogP contribution in [0.1, 0.15) is 41.6 Å². The highest BCUT2D eigenvalue weighted by atomic mass is 16.5. The van der Waals surface area contributed by atoms with Gasteiger partial charge in [0.25, 0.3) is 5.91 Å². The molecule has 1 amide bonds. The summed E-state index contributed by atoms with van der Waals surface area (Å²) in [7, 11) is 0. The highest BCUT2D eigenvalue weighted by Crippen LogP contribution is 2.30. The molecule has 0 saturated carbocycles. The van der Waals surface area contributed by atoms with Crippen molar-refractivity contribution in [3.05, 3.63) is 35.4 Å². The summed E-state index contributed by atoms with van der Waals surface area (Å²) in [6.07, 6.45) is 4.50. The van der Waals surface area contributed by atoms with Crippen molar-refractivity contribution in [3.8, 4) is 0 Å². The fourth-order valence-corrected chi connectivity index (χ4v) is 4.14. The maximum atomic E-state index is 13.1. The lowest BCUT2D eigenvalue weighted by Crippen LogP contribution is -2.44. The van der Waals surface area contributed by atoms with Gasteiger partial charge in [-0.3, -0.25) is 4.79 Å². The summed E-state index contributed by atoms with van der Waals surface area (Å²) in [4.78, 5) is 15.1. The molecular formula is C20H27NO4. The number of hydrogen-bond donors (Lipinski definition) is 0. The van der Waals surface area contributed by atoms with E-state index in [4.69, 9.17) is 14.2 Å². The van der Waals surface area contributed by atoms with Crippen LogP contribution in [0.5, 0.6) is 0 Å². The van der Waals surface area contributed by atoms with Gasteiger partial charge in [0.2, 0.25) is 0 Å². The SMILES string of the molecule is O=C(c1ccccc1COC1CCOCC1)N1CC[C@H]2OCC[C@H]2C1. The molecule has 4 rings (SSSR count). The van der Waals surface area contributed by atoms with Gasteiger partial charge in [-0.25, -0.2) is 0 Å². The van der Waals surface area contributed by atoms with Crippen molar-refractivity contribution in [2.24, 2.45) is 5.92 Å². The quantitative estimate of drug-likeness (QED) is 0.842. The van der Waals surface area contributed by atoms with Crippen LogP contribution in [0.2, 0.25) is 0 Å². The number of piperidine rings is 1. The maximum Gasteiger partial charge on any atom is 0.254 e. The van der Waals surface area contributed by atoms with E-state index in [1.165, 1.54) is 0 Å². The van der Waals surface area contributed by atoms with E-state index in [2.05, 4.69) is 0 Å². The predicted molar refractivity (Wildman–Crippen MR) is 93.4 cm³/mol. The lowest BCUT2D eigenvalue weighted by atomic mass is 9.93. The summed E-state index contributed by atoms with van der Waals surface area (Å²) in [6.45, 7) is 4.48. The first-order valence-corrected chi connectivity index (χ1v) is 9.49. The Morgan fingerprint density at radius 2 is 1.96 bits per heavy atom. The highest BCUT2D eigenvalue weighted by molar-refractivity contribution is 5.95. The first kappa shape index (κ1) is 17.0. The molecule has 0 N–H and O–H groups in total. The van der Waals surface area contributed by atoms with Crippen molar-refractivity contribution < 1.29 is 19.0 Å². The minimum absolute atomic E-state index is 0.136. The number of amides is 1. The maximum absolute atomic E-state index is 13.1. The second kappa shape index (κ2) is 7.85. The van der Waals surface area contributed by atoms with E-state index < -0.39 is 0 Å². The summed E-state index contributed by atoms with van der Waals surface area (Å²) >= 11 is 0. The molecule has 3 saturated heterocycles. The average molecular weight is 345 g/mol. The Morgan fingerprint density at radius 1 is 1.12 bits per heavy atom.